The summed E-state index contributed by atoms with van der Waals surface area (Å²) in [6.07, 6.45) is 2.33. The predicted octanol–water partition coefficient (Wildman–Crippen LogP) is 1.67. The zero-order chi connectivity index (χ0) is 13.1. The van der Waals surface area contributed by atoms with Gasteiger partial charge in [-0.15, -0.1) is 0 Å². The highest BCUT2D eigenvalue weighted by Crippen LogP contribution is 2.21. The van der Waals surface area contributed by atoms with Crippen LogP contribution in [0.4, 0.5) is 0 Å². The molecular formula is C12H13ClN2O3. The number of likely N-dealkylation sites (tertiary alicyclic amines) is 1. The molecule has 2 rings (SSSR count). The number of nitrogens with zero attached hydrogens (tertiary/aromatic N) is 2. The smallest absolute Gasteiger partial charge is 0.303 e. The molecule has 1 aliphatic rings. The second-order valence-corrected chi connectivity index (χ2v) is 4.76. The minimum Gasteiger partial charge on any atom is -0.481 e. The molecule has 0 spiro atoms. The summed E-state index contributed by atoms with van der Waals surface area (Å²) in [4.78, 5) is 28.2. The van der Waals surface area contributed by atoms with E-state index in [-0.39, 0.29) is 23.4 Å². The molecule has 18 heavy (non-hydrogen) atoms. The minimum absolute atomic E-state index is 0.0451. The first-order valence-corrected chi connectivity index (χ1v) is 6.06. The fourth-order valence-corrected chi connectivity index (χ4v) is 2.32. The van der Waals surface area contributed by atoms with Crippen molar-refractivity contribution in [3.63, 3.8) is 0 Å². The van der Waals surface area contributed by atoms with E-state index in [2.05, 4.69) is 4.98 Å². The van der Waals surface area contributed by atoms with Gasteiger partial charge in [0.05, 0.1) is 0 Å². The molecule has 1 amide bonds. The molecule has 0 aromatic carbocycles. The van der Waals surface area contributed by atoms with Crippen molar-refractivity contribution in [1.82, 2.24) is 9.88 Å². The van der Waals surface area contributed by atoms with E-state index < -0.39 is 5.97 Å². The van der Waals surface area contributed by atoms with Crippen LogP contribution in [0, 0.1) is 5.92 Å². The van der Waals surface area contributed by atoms with Gasteiger partial charge in [0.15, 0.2) is 0 Å². The SMILES string of the molecule is O=C(O)CC1CCN(C(=O)c2ccnc(Cl)c2)C1. The lowest BCUT2D eigenvalue weighted by Gasteiger charge is -2.16. The normalized spacial score (nSPS) is 18.9. The summed E-state index contributed by atoms with van der Waals surface area (Å²) >= 11 is 5.73. The monoisotopic (exact) mass is 268 g/mol. The summed E-state index contributed by atoms with van der Waals surface area (Å²) in [5.41, 5.74) is 0.492. The summed E-state index contributed by atoms with van der Waals surface area (Å²) in [6, 6.07) is 3.13. The molecule has 0 aliphatic carbocycles. The summed E-state index contributed by atoms with van der Waals surface area (Å²) in [5.74, 6) is -0.891. The van der Waals surface area contributed by atoms with E-state index in [0.29, 0.717) is 18.7 Å². The Bertz CT molecular complexity index is 478. The summed E-state index contributed by atoms with van der Waals surface area (Å²) in [6.45, 7) is 1.09. The number of aromatic nitrogens is 1. The van der Waals surface area contributed by atoms with E-state index >= 15 is 0 Å². The quantitative estimate of drug-likeness (QED) is 0.847. The third-order valence-electron chi connectivity index (χ3n) is 3.01. The Balaban J connectivity index is 2.01. The van der Waals surface area contributed by atoms with Crippen LogP contribution in [-0.4, -0.2) is 40.0 Å². The Hall–Kier alpha value is -1.62. The number of aliphatic carboxylic acids is 1. The Labute approximate surface area is 109 Å². The van der Waals surface area contributed by atoms with Crippen molar-refractivity contribution >= 4 is 23.5 Å². The highest BCUT2D eigenvalue weighted by molar-refractivity contribution is 6.29. The number of carboxylic acid groups (broad SMARTS) is 1. The third kappa shape index (κ3) is 2.98. The van der Waals surface area contributed by atoms with Gasteiger partial charge in [0, 0.05) is 31.3 Å². The number of halogens is 1. The van der Waals surface area contributed by atoms with Gasteiger partial charge in [0.1, 0.15) is 5.15 Å². The molecule has 1 unspecified atom stereocenters. The van der Waals surface area contributed by atoms with Gasteiger partial charge >= 0.3 is 5.97 Å². The maximum atomic E-state index is 12.1. The molecule has 1 atom stereocenters. The fourth-order valence-electron chi connectivity index (χ4n) is 2.15. The number of rotatable bonds is 3. The lowest BCUT2D eigenvalue weighted by Crippen LogP contribution is -2.29. The number of pyridine rings is 1. The van der Waals surface area contributed by atoms with E-state index in [4.69, 9.17) is 16.7 Å². The average molecular weight is 269 g/mol. The van der Waals surface area contributed by atoms with Crippen LogP contribution in [0.25, 0.3) is 0 Å². The van der Waals surface area contributed by atoms with Crippen LogP contribution in [0.1, 0.15) is 23.2 Å². The van der Waals surface area contributed by atoms with E-state index in [9.17, 15) is 9.59 Å². The van der Waals surface area contributed by atoms with Crippen LogP contribution in [0.2, 0.25) is 5.15 Å². The van der Waals surface area contributed by atoms with E-state index in [0.717, 1.165) is 6.42 Å². The standard InChI is InChI=1S/C12H13ClN2O3/c13-10-6-9(1-3-14-10)12(18)15-4-2-8(7-15)5-11(16)17/h1,3,6,8H,2,4-5,7H2,(H,16,17). The van der Waals surface area contributed by atoms with Crippen LogP contribution in [-0.2, 0) is 4.79 Å². The van der Waals surface area contributed by atoms with Crippen LogP contribution >= 0.6 is 11.6 Å². The van der Waals surface area contributed by atoms with E-state index in [1.54, 1.807) is 11.0 Å². The fraction of sp³-hybridized carbons (Fsp3) is 0.417. The minimum atomic E-state index is -0.818. The van der Waals surface area contributed by atoms with Crippen molar-refractivity contribution in [2.45, 2.75) is 12.8 Å². The van der Waals surface area contributed by atoms with Crippen LogP contribution in [0.5, 0.6) is 0 Å². The van der Waals surface area contributed by atoms with Crippen molar-refractivity contribution in [2.24, 2.45) is 5.92 Å². The molecule has 0 saturated carbocycles. The van der Waals surface area contributed by atoms with Crippen molar-refractivity contribution < 1.29 is 14.7 Å². The van der Waals surface area contributed by atoms with Crippen molar-refractivity contribution in [2.75, 3.05) is 13.1 Å². The molecule has 0 radical (unpaired) electrons. The summed E-state index contributed by atoms with van der Waals surface area (Å²) in [5, 5.41) is 9.00. The second-order valence-electron chi connectivity index (χ2n) is 4.37. The number of amides is 1. The van der Waals surface area contributed by atoms with Gasteiger partial charge < -0.3 is 10.0 Å². The number of carbonyl (C=O) groups is 2. The topological polar surface area (TPSA) is 70.5 Å². The maximum absolute atomic E-state index is 12.1. The lowest BCUT2D eigenvalue weighted by atomic mass is 10.1. The van der Waals surface area contributed by atoms with Crippen LogP contribution in [0.3, 0.4) is 0 Å². The van der Waals surface area contributed by atoms with Crippen LogP contribution < -0.4 is 0 Å². The number of hydrogen-bond donors (Lipinski definition) is 1. The maximum Gasteiger partial charge on any atom is 0.303 e. The molecule has 1 aliphatic heterocycles. The number of hydrogen-bond acceptors (Lipinski definition) is 3. The molecule has 1 aromatic heterocycles. The van der Waals surface area contributed by atoms with Gasteiger partial charge in [-0.1, -0.05) is 11.6 Å². The Kier molecular flexibility index (Phi) is 3.81. The Morgan fingerprint density at radius 3 is 3.00 bits per heavy atom. The third-order valence-corrected chi connectivity index (χ3v) is 3.22. The Morgan fingerprint density at radius 1 is 1.56 bits per heavy atom. The predicted molar refractivity (Wildman–Crippen MR) is 65.5 cm³/mol. The average Bonchev–Trinajstić information content (AvgIpc) is 2.75. The van der Waals surface area contributed by atoms with Gasteiger partial charge in [-0.2, -0.15) is 0 Å². The van der Waals surface area contributed by atoms with Crippen molar-refractivity contribution in [1.29, 1.82) is 0 Å². The van der Waals surface area contributed by atoms with Gasteiger partial charge in [-0.05, 0) is 24.5 Å². The van der Waals surface area contributed by atoms with E-state index in [1.165, 1.54) is 12.3 Å². The molecule has 96 valence electrons. The molecule has 2 heterocycles. The first-order valence-electron chi connectivity index (χ1n) is 5.69. The number of carbonyl (C=O) groups excluding carboxylic acids is 1. The molecule has 1 N–H and O–H groups in total. The molecular weight excluding hydrogens is 256 g/mol. The summed E-state index contributed by atoms with van der Waals surface area (Å²) in [7, 11) is 0. The first kappa shape index (κ1) is 12.8. The van der Waals surface area contributed by atoms with Gasteiger partial charge in [0.2, 0.25) is 0 Å². The molecule has 5 nitrogen and oxygen atoms in total. The largest absolute Gasteiger partial charge is 0.481 e. The van der Waals surface area contributed by atoms with Gasteiger partial charge in [-0.25, -0.2) is 4.98 Å². The van der Waals surface area contributed by atoms with Crippen molar-refractivity contribution in [3.05, 3.63) is 29.0 Å². The highest BCUT2D eigenvalue weighted by Gasteiger charge is 2.28. The second kappa shape index (κ2) is 5.35. The lowest BCUT2D eigenvalue weighted by molar-refractivity contribution is -0.138. The number of carboxylic acids is 1. The molecule has 0 bridgehead atoms. The van der Waals surface area contributed by atoms with E-state index in [1.807, 2.05) is 0 Å². The molecule has 1 aromatic rings. The first-order chi connectivity index (χ1) is 8.56. The van der Waals surface area contributed by atoms with Crippen LogP contribution in [0.15, 0.2) is 18.3 Å². The van der Waals surface area contributed by atoms with Gasteiger partial charge in [0.25, 0.3) is 5.91 Å². The summed E-state index contributed by atoms with van der Waals surface area (Å²) < 4.78 is 0. The Morgan fingerprint density at radius 2 is 2.33 bits per heavy atom. The zero-order valence-corrected chi connectivity index (χ0v) is 10.4. The zero-order valence-electron chi connectivity index (χ0n) is 9.67. The molecule has 6 heteroatoms. The molecule has 1 fully saturated rings. The highest BCUT2D eigenvalue weighted by atomic mass is 35.5. The molecule has 1 saturated heterocycles. The van der Waals surface area contributed by atoms with Crippen molar-refractivity contribution in [3.8, 4) is 0 Å². The van der Waals surface area contributed by atoms with Gasteiger partial charge in [-0.3, -0.25) is 9.59 Å².